The number of hydrogen-bond donors (Lipinski definition) is 1. The summed E-state index contributed by atoms with van der Waals surface area (Å²) >= 11 is 6.73. The highest BCUT2D eigenvalue weighted by atomic mass is 79.9. The molecule has 0 radical (unpaired) electrons. The van der Waals surface area contributed by atoms with E-state index in [1.165, 1.54) is 0 Å². The minimum atomic E-state index is -3.82. The number of phosphoric ester groups is 1. The lowest BCUT2D eigenvalue weighted by Gasteiger charge is -2.11. The largest absolute Gasteiger partial charge is 0.472 e. The molecule has 0 aromatic carbocycles. The first-order valence-electron chi connectivity index (χ1n) is 6.86. The van der Waals surface area contributed by atoms with E-state index in [4.69, 9.17) is 9.05 Å². The predicted molar refractivity (Wildman–Crippen MR) is 86.3 cm³/mol. The second-order valence-corrected chi connectivity index (χ2v) is 7.38. The van der Waals surface area contributed by atoms with Crippen LogP contribution in [0.15, 0.2) is 0 Å². The van der Waals surface area contributed by atoms with Gasteiger partial charge in [0.15, 0.2) is 0 Å². The first kappa shape index (κ1) is 20.1. The highest BCUT2D eigenvalue weighted by Crippen LogP contribution is 2.43. The Hall–Kier alpha value is 1.07. The van der Waals surface area contributed by atoms with Gasteiger partial charge in [-0.2, -0.15) is 0 Å². The Morgan fingerprint density at radius 3 is 1.47 bits per heavy atom. The topological polar surface area (TPSA) is 55.8 Å². The molecule has 0 rings (SSSR count). The maximum Gasteiger partial charge on any atom is 0.472 e. The summed E-state index contributed by atoms with van der Waals surface area (Å²) < 4.78 is 21.3. The van der Waals surface area contributed by atoms with Gasteiger partial charge in [-0.1, -0.05) is 57.5 Å². The van der Waals surface area contributed by atoms with E-state index in [-0.39, 0.29) is 0 Å². The third-order valence-electron chi connectivity index (χ3n) is 2.56. The van der Waals surface area contributed by atoms with Gasteiger partial charge in [0, 0.05) is 10.7 Å². The minimum absolute atomic E-state index is 0.291. The number of halogens is 2. The quantitative estimate of drug-likeness (QED) is 0.242. The van der Waals surface area contributed by atoms with Crippen LogP contribution in [0.5, 0.6) is 0 Å². The third kappa shape index (κ3) is 15.3. The summed E-state index contributed by atoms with van der Waals surface area (Å²) in [5.74, 6) is 0. The molecule has 0 saturated heterocycles. The van der Waals surface area contributed by atoms with Crippen molar-refractivity contribution in [2.75, 3.05) is 23.9 Å². The third-order valence-corrected chi connectivity index (χ3v) is 4.70. The summed E-state index contributed by atoms with van der Waals surface area (Å²) in [4.78, 5) is 9.42. The van der Waals surface area contributed by atoms with Gasteiger partial charge in [-0.05, 0) is 25.7 Å². The molecule has 0 heterocycles. The van der Waals surface area contributed by atoms with Crippen molar-refractivity contribution in [1.29, 1.82) is 0 Å². The predicted octanol–water partition coefficient (Wildman–Crippen LogP) is 5.03. The van der Waals surface area contributed by atoms with Crippen molar-refractivity contribution >= 4 is 39.7 Å². The fourth-order valence-corrected chi connectivity index (χ4v) is 3.08. The minimum Gasteiger partial charge on any atom is -0.302 e. The normalized spacial score (nSPS) is 11.9. The van der Waals surface area contributed by atoms with Gasteiger partial charge >= 0.3 is 7.82 Å². The van der Waals surface area contributed by atoms with Crippen LogP contribution in [-0.2, 0) is 13.6 Å². The number of rotatable bonds is 14. The van der Waals surface area contributed by atoms with Crippen molar-refractivity contribution < 1.29 is 18.5 Å². The van der Waals surface area contributed by atoms with Crippen molar-refractivity contribution in [2.24, 2.45) is 0 Å². The Morgan fingerprint density at radius 2 is 1.11 bits per heavy atom. The molecule has 0 fully saturated rings. The smallest absolute Gasteiger partial charge is 0.302 e. The van der Waals surface area contributed by atoms with Gasteiger partial charge in [-0.25, -0.2) is 4.57 Å². The summed E-state index contributed by atoms with van der Waals surface area (Å²) in [6, 6.07) is 0. The maximum atomic E-state index is 11.5. The van der Waals surface area contributed by atoms with Gasteiger partial charge in [0.05, 0.1) is 13.2 Å². The standard InChI is InChI=1S/C12H25Br2O4P/c13-9-5-1-3-7-11-17-19(15,16)18-12-8-4-2-6-10-14/h1-12H2,(H,15,16). The molecule has 0 aromatic rings. The molecular formula is C12H25Br2O4P. The van der Waals surface area contributed by atoms with E-state index in [0.717, 1.165) is 62.0 Å². The highest BCUT2D eigenvalue weighted by Gasteiger charge is 2.19. The van der Waals surface area contributed by atoms with Crippen LogP contribution in [0.3, 0.4) is 0 Å². The zero-order chi connectivity index (χ0) is 14.4. The molecule has 116 valence electrons. The lowest BCUT2D eigenvalue weighted by Crippen LogP contribution is -1.99. The SMILES string of the molecule is O=P(O)(OCCCCCCBr)OCCCCCCBr. The van der Waals surface area contributed by atoms with Crippen LogP contribution in [0, 0.1) is 0 Å². The van der Waals surface area contributed by atoms with Crippen LogP contribution in [0.25, 0.3) is 0 Å². The summed E-state index contributed by atoms with van der Waals surface area (Å²) in [6.45, 7) is 0.583. The van der Waals surface area contributed by atoms with Crippen LogP contribution in [-0.4, -0.2) is 28.8 Å². The Bertz CT molecular complexity index is 222. The molecule has 0 bridgehead atoms. The van der Waals surface area contributed by atoms with Crippen LogP contribution >= 0.6 is 39.7 Å². The van der Waals surface area contributed by atoms with Crippen molar-refractivity contribution in [1.82, 2.24) is 0 Å². The summed E-state index contributed by atoms with van der Waals surface area (Å²) in [5.41, 5.74) is 0. The second-order valence-electron chi connectivity index (χ2n) is 4.34. The Morgan fingerprint density at radius 1 is 0.737 bits per heavy atom. The fraction of sp³-hybridized carbons (Fsp3) is 1.00. The molecule has 0 unspecified atom stereocenters. The van der Waals surface area contributed by atoms with E-state index >= 15 is 0 Å². The van der Waals surface area contributed by atoms with Crippen LogP contribution in [0.2, 0.25) is 0 Å². The van der Waals surface area contributed by atoms with Crippen molar-refractivity contribution in [3.63, 3.8) is 0 Å². The van der Waals surface area contributed by atoms with Crippen molar-refractivity contribution in [3.8, 4) is 0 Å². The summed E-state index contributed by atoms with van der Waals surface area (Å²) in [5, 5.41) is 2.01. The molecule has 0 amide bonds. The molecule has 0 aliphatic rings. The monoisotopic (exact) mass is 422 g/mol. The first-order chi connectivity index (χ1) is 9.12. The Balaban J connectivity index is 3.39. The highest BCUT2D eigenvalue weighted by molar-refractivity contribution is 9.09. The van der Waals surface area contributed by atoms with Gasteiger partial charge in [-0.15, -0.1) is 0 Å². The van der Waals surface area contributed by atoms with Crippen LogP contribution < -0.4 is 0 Å². The zero-order valence-corrected chi connectivity index (χ0v) is 15.4. The van der Waals surface area contributed by atoms with Crippen molar-refractivity contribution in [3.05, 3.63) is 0 Å². The zero-order valence-electron chi connectivity index (χ0n) is 11.4. The first-order valence-corrected chi connectivity index (χ1v) is 10.6. The van der Waals surface area contributed by atoms with Crippen LogP contribution in [0.1, 0.15) is 51.4 Å². The number of phosphoric acid groups is 1. The molecule has 4 nitrogen and oxygen atoms in total. The molecule has 1 N–H and O–H groups in total. The average molecular weight is 424 g/mol. The Labute approximate surface area is 133 Å². The van der Waals surface area contributed by atoms with E-state index < -0.39 is 7.82 Å². The van der Waals surface area contributed by atoms with E-state index in [0.29, 0.717) is 13.2 Å². The molecule has 0 atom stereocenters. The summed E-state index contributed by atoms with van der Waals surface area (Å²) in [7, 11) is -3.82. The Kier molecular flexibility index (Phi) is 14.8. The molecule has 7 heteroatoms. The molecule has 0 aliphatic carbocycles. The van der Waals surface area contributed by atoms with E-state index in [1.807, 2.05) is 0 Å². The fourth-order valence-electron chi connectivity index (χ4n) is 1.50. The second kappa shape index (κ2) is 14.0. The van der Waals surface area contributed by atoms with Gasteiger partial charge in [0.1, 0.15) is 0 Å². The molecule has 19 heavy (non-hydrogen) atoms. The lowest BCUT2D eigenvalue weighted by molar-refractivity contribution is 0.145. The number of hydrogen-bond acceptors (Lipinski definition) is 3. The van der Waals surface area contributed by atoms with E-state index in [2.05, 4.69) is 31.9 Å². The molecule has 0 aromatic heterocycles. The number of alkyl halides is 2. The van der Waals surface area contributed by atoms with Crippen LogP contribution in [0.4, 0.5) is 0 Å². The molecule has 0 aliphatic heterocycles. The maximum absolute atomic E-state index is 11.5. The molecule has 0 spiro atoms. The molecular weight excluding hydrogens is 399 g/mol. The molecule has 0 saturated carbocycles. The summed E-state index contributed by atoms with van der Waals surface area (Å²) in [6.07, 6.45) is 8.09. The van der Waals surface area contributed by atoms with Gasteiger partial charge in [0.2, 0.25) is 0 Å². The average Bonchev–Trinajstić information content (AvgIpc) is 2.38. The lowest BCUT2D eigenvalue weighted by atomic mass is 10.2. The van der Waals surface area contributed by atoms with Gasteiger partial charge in [0.25, 0.3) is 0 Å². The van der Waals surface area contributed by atoms with E-state index in [9.17, 15) is 9.46 Å². The van der Waals surface area contributed by atoms with Gasteiger partial charge in [-0.3, -0.25) is 9.05 Å². The van der Waals surface area contributed by atoms with E-state index in [1.54, 1.807) is 0 Å². The van der Waals surface area contributed by atoms with Gasteiger partial charge < -0.3 is 4.89 Å². The number of unbranched alkanes of at least 4 members (excludes halogenated alkanes) is 6. The van der Waals surface area contributed by atoms with Crippen molar-refractivity contribution in [2.45, 2.75) is 51.4 Å².